The van der Waals surface area contributed by atoms with Crippen LogP contribution in [0.2, 0.25) is 0 Å². The smallest absolute Gasteiger partial charge is 0.123 e. The van der Waals surface area contributed by atoms with Gasteiger partial charge in [-0.3, -0.25) is 0 Å². The molecule has 0 heterocycles. The van der Waals surface area contributed by atoms with Gasteiger partial charge in [-0.05, 0) is 36.1 Å². The van der Waals surface area contributed by atoms with Crippen molar-refractivity contribution in [3.8, 4) is 0 Å². The Morgan fingerprint density at radius 3 is 2.67 bits per heavy atom. The van der Waals surface area contributed by atoms with Crippen LogP contribution in [0, 0.1) is 11.7 Å². The average molecular weight is 230 g/mol. The van der Waals surface area contributed by atoms with Gasteiger partial charge in [-0.1, -0.05) is 29.8 Å². The van der Waals surface area contributed by atoms with Crippen LogP contribution in [0.1, 0.15) is 19.4 Å². The molecule has 0 amide bonds. The van der Waals surface area contributed by atoms with Crippen LogP contribution in [0.3, 0.4) is 0 Å². The summed E-state index contributed by atoms with van der Waals surface area (Å²) in [6.07, 6.45) is 0.832. The average Bonchev–Trinajstić information content (AvgIpc) is 1.96. The third kappa shape index (κ3) is 2.59. The van der Waals surface area contributed by atoms with Gasteiger partial charge in [0.25, 0.3) is 0 Å². The van der Waals surface area contributed by atoms with Gasteiger partial charge in [0.15, 0.2) is 0 Å². The van der Waals surface area contributed by atoms with E-state index in [1.165, 1.54) is 12.0 Å². The van der Waals surface area contributed by atoms with Crippen molar-refractivity contribution in [1.82, 2.24) is 0 Å². The van der Waals surface area contributed by atoms with Gasteiger partial charge >= 0.3 is 0 Å². The first-order valence-electron chi connectivity index (χ1n) is 3.82. The van der Waals surface area contributed by atoms with Crippen molar-refractivity contribution in [2.24, 2.45) is 0 Å². The lowest BCUT2D eigenvalue weighted by Gasteiger charge is -2.06. The summed E-state index contributed by atoms with van der Waals surface area (Å²) in [5.41, 5.74) is 1.01. The maximum absolute atomic E-state index is 12.8. The fourth-order valence-electron chi connectivity index (χ4n) is 1.06. The first kappa shape index (κ1) is 9.72. The molecular weight excluding hydrogens is 219 g/mol. The zero-order valence-corrected chi connectivity index (χ0v) is 8.78. The van der Waals surface area contributed by atoms with E-state index in [1.54, 1.807) is 12.1 Å². The first-order chi connectivity index (χ1) is 5.59. The number of hydrogen-bond acceptors (Lipinski definition) is 0. The van der Waals surface area contributed by atoms with E-state index in [0.717, 1.165) is 16.5 Å². The van der Waals surface area contributed by atoms with Crippen LogP contribution >= 0.6 is 15.9 Å². The molecule has 0 N–H and O–H groups in total. The summed E-state index contributed by atoms with van der Waals surface area (Å²) in [5, 5.41) is 0. The fraction of sp³-hybridized carbons (Fsp3) is 0.300. The van der Waals surface area contributed by atoms with Crippen molar-refractivity contribution in [2.75, 3.05) is 0 Å². The molecule has 0 unspecified atom stereocenters. The molecule has 0 saturated carbocycles. The zero-order valence-electron chi connectivity index (χ0n) is 7.20. The van der Waals surface area contributed by atoms with Gasteiger partial charge in [0.2, 0.25) is 0 Å². The molecule has 2 heteroatoms. The van der Waals surface area contributed by atoms with Crippen LogP contribution in [-0.4, -0.2) is 0 Å². The van der Waals surface area contributed by atoms with Gasteiger partial charge in [-0.25, -0.2) is 4.39 Å². The van der Waals surface area contributed by atoms with Crippen molar-refractivity contribution < 1.29 is 4.39 Å². The van der Waals surface area contributed by atoms with E-state index in [4.69, 9.17) is 0 Å². The summed E-state index contributed by atoms with van der Waals surface area (Å²) < 4.78 is 13.7. The molecule has 0 aromatic heterocycles. The summed E-state index contributed by atoms with van der Waals surface area (Å²) in [7, 11) is 0. The highest BCUT2D eigenvalue weighted by molar-refractivity contribution is 9.10. The van der Waals surface area contributed by atoms with Crippen molar-refractivity contribution in [2.45, 2.75) is 20.3 Å². The van der Waals surface area contributed by atoms with Gasteiger partial charge in [-0.15, -0.1) is 0 Å². The molecule has 1 aromatic rings. The predicted octanol–water partition coefficient (Wildman–Crippen LogP) is 3.74. The Bertz CT molecular complexity index is 269. The number of hydrogen-bond donors (Lipinski definition) is 0. The molecule has 1 radical (unpaired) electrons. The van der Waals surface area contributed by atoms with Crippen molar-refractivity contribution >= 4 is 15.9 Å². The molecular formula is C10H11BrF. The van der Waals surface area contributed by atoms with Crippen LogP contribution in [0.5, 0.6) is 0 Å². The Balaban J connectivity index is 2.90. The maximum atomic E-state index is 12.8. The lowest BCUT2D eigenvalue weighted by molar-refractivity contribution is 0.625. The van der Waals surface area contributed by atoms with E-state index in [2.05, 4.69) is 15.9 Å². The van der Waals surface area contributed by atoms with Crippen LogP contribution in [-0.2, 0) is 6.42 Å². The molecule has 0 atom stereocenters. The van der Waals surface area contributed by atoms with Gasteiger partial charge in [0.05, 0.1) is 0 Å². The lowest BCUT2D eigenvalue weighted by Crippen LogP contribution is -1.93. The molecule has 1 aromatic carbocycles. The Morgan fingerprint density at radius 2 is 2.08 bits per heavy atom. The third-order valence-corrected chi connectivity index (χ3v) is 2.33. The highest BCUT2D eigenvalue weighted by Crippen LogP contribution is 2.21. The van der Waals surface area contributed by atoms with E-state index in [1.807, 2.05) is 13.8 Å². The van der Waals surface area contributed by atoms with E-state index in [0.29, 0.717) is 0 Å². The van der Waals surface area contributed by atoms with E-state index in [9.17, 15) is 4.39 Å². The molecule has 0 bridgehead atoms. The van der Waals surface area contributed by atoms with Crippen molar-refractivity contribution in [1.29, 1.82) is 0 Å². The second kappa shape index (κ2) is 4.04. The monoisotopic (exact) mass is 229 g/mol. The summed E-state index contributed by atoms with van der Waals surface area (Å²) in [4.78, 5) is 0. The van der Waals surface area contributed by atoms with E-state index < -0.39 is 0 Å². The lowest BCUT2D eigenvalue weighted by atomic mass is 10.0. The summed E-state index contributed by atoms with van der Waals surface area (Å²) in [6.45, 7) is 4.08. The minimum atomic E-state index is -0.172. The normalized spacial score (nSPS) is 10.8. The summed E-state index contributed by atoms with van der Waals surface area (Å²) in [6, 6.07) is 4.77. The largest absolute Gasteiger partial charge is 0.207 e. The molecule has 0 aliphatic carbocycles. The summed E-state index contributed by atoms with van der Waals surface area (Å²) in [5.74, 6) is 1.11. The Kier molecular flexibility index (Phi) is 3.27. The van der Waals surface area contributed by atoms with Crippen molar-refractivity contribution in [3.05, 3.63) is 40.0 Å². The second-order valence-corrected chi connectivity index (χ2v) is 3.97. The minimum Gasteiger partial charge on any atom is -0.207 e. The Hall–Kier alpha value is -0.370. The number of halogens is 2. The molecule has 1 rings (SSSR count). The SMILES string of the molecule is C[C](C)Cc1cc(F)ccc1Br. The molecule has 0 aliphatic heterocycles. The topological polar surface area (TPSA) is 0 Å². The van der Waals surface area contributed by atoms with E-state index >= 15 is 0 Å². The molecule has 0 saturated heterocycles. The molecule has 0 aliphatic rings. The third-order valence-electron chi connectivity index (χ3n) is 1.55. The van der Waals surface area contributed by atoms with Crippen LogP contribution in [0.25, 0.3) is 0 Å². The Morgan fingerprint density at radius 1 is 1.42 bits per heavy atom. The predicted molar refractivity (Wildman–Crippen MR) is 52.4 cm³/mol. The minimum absolute atomic E-state index is 0.172. The molecule has 0 nitrogen and oxygen atoms in total. The van der Waals surface area contributed by atoms with Gasteiger partial charge < -0.3 is 0 Å². The van der Waals surface area contributed by atoms with E-state index in [-0.39, 0.29) is 5.82 Å². The molecule has 12 heavy (non-hydrogen) atoms. The Labute approximate surface area is 80.9 Å². The second-order valence-electron chi connectivity index (χ2n) is 3.12. The van der Waals surface area contributed by atoms with Crippen LogP contribution in [0.4, 0.5) is 4.39 Å². The quantitative estimate of drug-likeness (QED) is 0.725. The molecule has 65 valence electrons. The van der Waals surface area contributed by atoms with Crippen LogP contribution in [0.15, 0.2) is 22.7 Å². The maximum Gasteiger partial charge on any atom is 0.123 e. The molecule has 0 spiro atoms. The van der Waals surface area contributed by atoms with Crippen molar-refractivity contribution in [3.63, 3.8) is 0 Å². The first-order valence-corrected chi connectivity index (χ1v) is 4.62. The highest BCUT2D eigenvalue weighted by atomic mass is 79.9. The fourth-order valence-corrected chi connectivity index (χ4v) is 1.45. The summed E-state index contributed by atoms with van der Waals surface area (Å²) >= 11 is 3.38. The zero-order chi connectivity index (χ0) is 9.14. The number of rotatable bonds is 2. The van der Waals surface area contributed by atoms with Gasteiger partial charge in [-0.2, -0.15) is 0 Å². The van der Waals surface area contributed by atoms with Gasteiger partial charge in [0.1, 0.15) is 5.82 Å². The van der Waals surface area contributed by atoms with Crippen LogP contribution < -0.4 is 0 Å². The highest BCUT2D eigenvalue weighted by Gasteiger charge is 2.03. The molecule has 0 fully saturated rings. The van der Waals surface area contributed by atoms with Gasteiger partial charge in [0, 0.05) is 4.47 Å². The standard InChI is InChI=1S/C10H11BrF/c1-7(2)5-8-6-9(12)3-4-10(8)11/h3-4,6H,5H2,1-2H3. The number of benzene rings is 1.